The van der Waals surface area contributed by atoms with Crippen LogP contribution in [0.4, 0.5) is 5.69 Å². The summed E-state index contributed by atoms with van der Waals surface area (Å²) in [4.78, 5) is 2.42. The molecule has 4 rings (SSSR count). The molecule has 1 aliphatic heterocycles. The predicted molar refractivity (Wildman–Crippen MR) is 140 cm³/mol. The molecule has 1 saturated heterocycles. The van der Waals surface area contributed by atoms with Crippen LogP contribution >= 0.6 is 23.8 Å². The molecule has 0 radical (unpaired) electrons. The molecule has 2 fully saturated rings. The molecular formula is C26H36ClN3OS. The lowest BCUT2D eigenvalue weighted by Gasteiger charge is -2.28. The lowest BCUT2D eigenvalue weighted by Crippen LogP contribution is -2.35. The number of likely N-dealkylation sites (tertiary alicyclic amines) is 1. The van der Waals surface area contributed by atoms with Crippen LogP contribution in [0, 0.1) is 5.92 Å². The number of rotatable bonds is 5. The van der Waals surface area contributed by atoms with E-state index in [4.69, 9.17) is 28.6 Å². The second-order valence-corrected chi connectivity index (χ2v) is 9.73. The predicted octanol–water partition coefficient (Wildman–Crippen LogP) is 6.15. The summed E-state index contributed by atoms with van der Waals surface area (Å²) in [6, 6.07) is 16.6. The van der Waals surface area contributed by atoms with E-state index in [2.05, 4.69) is 34.7 Å². The fourth-order valence-electron chi connectivity index (χ4n) is 4.32. The summed E-state index contributed by atoms with van der Waals surface area (Å²) in [6.07, 6.45) is 8.95. The van der Waals surface area contributed by atoms with Gasteiger partial charge in [-0.05, 0) is 112 Å². The van der Waals surface area contributed by atoms with Crippen LogP contribution < -0.4 is 15.4 Å². The first-order valence-corrected chi connectivity index (χ1v) is 12.4. The third-order valence-electron chi connectivity index (χ3n) is 6.31. The van der Waals surface area contributed by atoms with Gasteiger partial charge in [0.25, 0.3) is 0 Å². The van der Waals surface area contributed by atoms with Crippen LogP contribution in [0.3, 0.4) is 0 Å². The average Bonchev–Trinajstić information content (AvgIpc) is 3.31. The van der Waals surface area contributed by atoms with Crippen LogP contribution in [0.25, 0.3) is 0 Å². The summed E-state index contributed by atoms with van der Waals surface area (Å²) in [5.41, 5.74) is 2.41. The maximum atomic E-state index is 5.87. The van der Waals surface area contributed by atoms with Gasteiger partial charge in [-0.3, -0.25) is 0 Å². The minimum atomic E-state index is 0.549. The molecule has 6 heteroatoms. The zero-order valence-corrected chi connectivity index (χ0v) is 20.9. The van der Waals surface area contributed by atoms with Gasteiger partial charge in [-0.25, -0.2) is 0 Å². The van der Waals surface area contributed by atoms with E-state index >= 15 is 0 Å². The lowest BCUT2D eigenvalue weighted by atomic mass is 9.90. The summed E-state index contributed by atoms with van der Waals surface area (Å²) in [5, 5.41) is 8.08. The standard InChI is InChI=1S/C13H18ClN.C13H18N2OS/c1-15-8-6-12(7-9-15)10-11-2-4-13(14)5-3-11;1-16-12-8-6-11(7-9-12)15-13(17)14-10-4-2-3-5-10/h2-5,12H,6-10H2,1H3;6-10H,2-5H2,1H3,(H2,14,15,17). The van der Waals surface area contributed by atoms with Crippen molar-refractivity contribution in [3.05, 3.63) is 59.1 Å². The minimum absolute atomic E-state index is 0.549. The average molecular weight is 474 g/mol. The number of hydrogen-bond donors (Lipinski definition) is 2. The lowest BCUT2D eigenvalue weighted by molar-refractivity contribution is 0.219. The Kier molecular flexibility index (Phi) is 10.1. The van der Waals surface area contributed by atoms with Crippen LogP contribution in [-0.4, -0.2) is 43.3 Å². The fourth-order valence-corrected chi connectivity index (χ4v) is 4.73. The number of hydrogen-bond acceptors (Lipinski definition) is 3. The number of nitrogens with one attached hydrogen (secondary N) is 2. The van der Waals surface area contributed by atoms with Crippen molar-refractivity contribution in [3.63, 3.8) is 0 Å². The van der Waals surface area contributed by atoms with Crippen LogP contribution in [0.1, 0.15) is 44.1 Å². The molecule has 0 aromatic heterocycles. The highest BCUT2D eigenvalue weighted by molar-refractivity contribution is 7.80. The van der Waals surface area contributed by atoms with E-state index in [1.807, 2.05) is 36.4 Å². The summed E-state index contributed by atoms with van der Waals surface area (Å²) < 4.78 is 5.11. The fraction of sp³-hybridized carbons (Fsp3) is 0.500. The molecule has 0 unspecified atom stereocenters. The van der Waals surface area contributed by atoms with Gasteiger partial charge >= 0.3 is 0 Å². The van der Waals surface area contributed by atoms with Crippen molar-refractivity contribution in [2.45, 2.75) is 51.0 Å². The van der Waals surface area contributed by atoms with Gasteiger partial charge in [0.15, 0.2) is 5.11 Å². The molecule has 32 heavy (non-hydrogen) atoms. The van der Waals surface area contributed by atoms with Gasteiger partial charge in [0.2, 0.25) is 0 Å². The van der Waals surface area contributed by atoms with Crippen LogP contribution in [0.5, 0.6) is 5.75 Å². The van der Waals surface area contributed by atoms with Gasteiger partial charge in [-0.2, -0.15) is 0 Å². The maximum absolute atomic E-state index is 5.87. The number of thiocarbonyl (C=S) groups is 1. The highest BCUT2D eigenvalue weighted by Gasteiger charge is 2.17. The summed E-state index contributed by atoms with van der Waals surface area (Å²) in [7, 11) is 3.87. The van der Waals surface area contributed by atoms with Crippen molar-refractivity contribution in [3.8, 4) is 5.75 Å². The second kappa shape index (κ2) is 13.0. The molecule has 2 aliphatic rings. The molecule has 2 aromatic rings. The first-order valence-electron chi connectivity index (χ1n) is 11.7. The molecule has 1 saturated carbocycles. The summed E-state index contributed by atoms with van der Waals surface area (Å²) >= 11 is 11.1. The highest BCUT2D eigenvalue weighted by Crippen LogP contribution is 2.22. The quantitative estimate of drug-likeness (QED) is 0.509. The van der Waals surface area contributed by atoms with E-state index in [0.29, 0.717) is 11.2 Å². The third-order valence-corrected chi connectivity index (χ3v) is 6.79. The monoisotopic (exact) mass is 473 g/mol. The zero-order valence-electron chi connectivity index (χ0n) is 19.3. The van der Waals surface area contributed by atoms with Gasteiger partial charge in [0.1, 0.15) is 5.75 Å². The van der Waals surface area contributed by atoms with Gasteiger partial charge in [0, 0.05) is 16.8 Å². The molecule has 0 amide bonds. The van der Waals surface area contributed by atoms with Gasteiger partial charge in [-0.1, -0.05) is 36.6 Å². The second-order valence-electron chi connectivity index (χ2n) is 8.89. The van der Waals surface area contributed by atoms with E-state index in [1.54, 1.807) is 7.11 Å². The molecule has 2 aromatic carbocycles. The zero-order chi connectivity index (χ0) is 22.8. The van der Waals surface area contributed by atoms with Crippen LogP contribution in [0.15, 0.2) is 48.5 Å². The van der Waals surface area contributed by atoms with E-state index < -0.39 is 0 Å². The van der Waals surface area contributed by atoms with E-state index in [1.165, 1.54) is 63.6 Å². The Morgan fingerprint density at radius 2 is 1.62 bits per heavy atom. The molecule has 0 spiro atoms. The Balaban J connectivity index is 0.000000182. The Bertz CT molecular complexity index is 814. The number of piperidine rings is 1. The van der Waals surface area contributed by atoms with Gasteiger partial charge < -0.3 is 20.3 Å². The number of halogens is 1. The van der Waals surface area contributed by atoms with Crippen molar-refractivity contribution >= 4 is 34.6 Å². The molecule has 174 valence electrons. The van der Waals surface area contributed by atoms with E-state index in [-0.39, 0.29) is 0 Å². The number of benzene rings is 2. The number of ether oxygens (including phenoxy) is 1. The first kappa shape index (κ1) is 24.8. The third kappa shape index (κ3) is 8.61. The normalized spacial score (nSPS) is 17.3. The first-order chi connectivity index (χ1) is 15.5. The van der Waals surface area contributed by atoms with Crippen LogP contribution in [-0.2, 0) is 6.42 Å². The topological polar surface area (TPSA) is 36.5 Å². The van der Waals surface area contributed by atoms with E-state index in [9.17, 15) is 0 Å². The maximum Gasteiger partial charge on any atom is 0.170 e. The van der Waals surface area contributed by atoms with Crippen molar-refractivity contribution in [2.24, 2.45) is 5.92 Å². The molecule has 4 nitrogen and oxygen atoms in total. The number of nitrogens with zero attached hydrogens (tertiary/aromatic N) is 1. The highest BCUT2D eigenvalue weighted by atomic mass is 35.5. The smallest absolute Gasteiger partial charge is 0.170 e. The van der Waals surface area contributed by atoms with Gasteiger partial charge in [0.05, 0.1) is 7.11 Å². The summed E-state index contributed by atoms with van der Waals surface area (Å²) in [5.74, 6) is 1.72. The Morgan fingerprint density at radius 3 is 2.22 bits per heavy atom. The van der Waals surface area contributed by atoms with Crippen molar-refractivity contribution in [1.29, 1.82) is 0 Å². The Labute approximate surface area is 203 Å². The molecule has 2 N–H and O–H groups in total. The molecular weight excluding hydrogens is 438 g/mol. The van der Waals surface area contributed by atoms with Gasteiger partial charge in [-0.15, -0.1) is 0 Å². The summed E-state index contributed by atoms with van der Waals surface area (Å²) in [6.45, 7) is 2.50. The Hall–Kier alpha value is -1.82. The van der Waals surface area contributed by atoms with Crippen LogP contribution in [0.2, 0.25) is 5.02 Å². The molecule has 1 aliphatic carbocycles. The Morgan fingerprint density at radius 1 is 1.00 bits per heavy atom. The van der Waals surface area contributed by atoms with E-state index in [0.717, 1.165) is 22.4 Å². The number of anilines is 1. The molecule has 0 bridgehead atoms. The number of methoxy groups -OCH3 is 1. The largest absolute Gasteiger partial charge is 0.497 e. The minimum Gasteiger partial charge on any atom is -0.497 e. The van der Waals surface area contributed by atoms with Crippen molar-refractivity contribution in [1.82, 2.24) is 10.2 Å². The molecule has 1 heterocycles. The van der Waals surface area contributed by atoms with Crippen molar-refractivity contribution < 1.29 is 4.74 Å². The molecule has 0 atom stereocenters. The SMILES string of the molecule is CN1CCC(Cc2ccc(Cl)cc2)CC1.COc1ccc(NC(=S)NC2CCCC2)cc1. The van der Waals surface area contributed by atoms with Crippen molar-refractivity contribution in [2.75, 3.05) is 32.6 Å².